The van der Waals surface area contributed by atoms with Crippen LogP contribution in [0.15, 0.2) is 0 Å². The maximum absolute atomic E-state index is 11.0. The van der Waals surface area contributed by atoms with E-state index in [4.69, 9.17) is 11.0 Å². The van der Waals surface area contributed by atoms with Gasteiger partial charge in [-0.25, -0.2) is 5.90 Å². The lowest BCUT2D eigenvalue weighted by molar-refractivity contribution is -0.127. The average Bonchev–Trinajstić information content (AvgIpc) is 2.15. The second-order valence-electron chi connectivity index (χ2n) is 2.65. The van der Waals surface area contributed by atoms with Crippen molar-refractivity contribution in [1.82, 2.24) is 0 Å². The number of carbonyl (C=O) groups is 1. The van der Waals surface area contributed by atoms with E-state index >= 15 is 0 Å². The van der Waals surface area contributed by atoms with Gasteiger partial charge in [0.25, 0.3) is 0 Å². The Labute approximate surface area is 112 Å². The SMILES string of the molecule is CC(CCCO)C(=O)CON.ICI. The molecule has 0 bridgehead atoms. The number of halogens is 2. The van der Waals surface area contributed by atoms with Crippen molar-refractivity contribution in [1.29, 1.82) is 0 Å². The predicted molar refractivity (Wildman–Crippen MR) is 73.5 cm³/mol. The zero-order chi connectivity index (χ0) is 11.4. The van der Waals surface area contributed by atoms with Crippen LogP contribution in [0.4, 0.5) is 0 Å². The van der Waals surface area contributed by atoms with E-state index in [9.17, 15) is 4.79 Å². The molecule has 0 saturated heterocycles. The Morgan fingerprint density at radius 1 is 1.57 bits per heavy atom. The van der Waals surface area contributed by atoms with E-state index in [1.54, 1.807) is 6.92 Å². The molecule has 0 aliphatic rings. The average molecular weight is 429 g/mol. The van der Waals surface area contributed by atoms with Crippen LogP contribution in [-0.4, -0.2) is 26.5 Å². The summed E-state index contributed by atoms with van der Waals surface area (Å²) in [5, 5.41) is 8.46. The predicted octanol–water partition coefficient (Wildman–Crippen LogP) is 1.67. The minimum Gasteiger partial charge on any atom is -0.396 e. The molecular formula is C8H17I2NO3. The largest absolute Gasteiger partial charge is 0.396 e. The molecule has 0 aliphatic carbocycles. The van der Waals surface area contributed by atoms with Crippen LogP contribution in [0.1, 0.15) is 19.8 Å². The van der Waals surface area contributed by atoms with Crippen LogP contribution in [0.2, 0.25) is 0 Å². The van der Waals surface area contributed by atoms with Gasteiger partial charge >= 0.3 is 0 Å². The van der Waals surface area contributed by atoms with E-state index in [1.807, 2.05) is 0 Å². The molecule has 6 heteroatoms. The number of aliphatic hydroxyl groups excluding tert-OH is 1. The fourth-order valence-corrected chi connectivity index (χ4v) is 0.783. The van der Waals surface area contributed by atoms with Crippen molar-refractivity contribution in [3.8, 4) is 0 Å². The fraction of sp³-hybridized carbons (Fsp3) is 0.875. The quantitative estimate of drug-likeness (QED) is 0.383. The summed E-state index contributed by atoms with van der Waals surface area (Å²) in [6, 6.07) is 0. The van der Waals surface area contributed by atoms with Crippen molar-refractivity contribution in [3.05, 3.63) is 0 Å². The first-order valence-corrected chi connectivity index (χ1v) is 7.26. The Balaban J connectivity index is 0. The maximum Gasteiger partial charge on any atom is 0.163 e. The summed E-state index contributed by atoms with van der Waals surface area (Å²) in [4.78, 5) is 15.2. The third-order valence-electron chi connectivity index (χ3n) is 1.57. The molecule has 0 rings (SSSR count). The van der Waals surface area contributed by atoms with Crippen molar-refractivity contribution in [3.63, 3.8) is 0 Å². The molecule has 0 aromatic carbocycles. The lowest BCUT2D eigenvalue weighted by Gasteiger charge is -2.07. The van der Waals surface area contributed by atoms with Crippen LogP contribution in [0.5, 0.6) is 0 Å². The minimum atomic E-state index is -0.0642. The monoisotopic (exact) mass is 429 g/mol. The fourth-order valence-electron chi connectivity index (χ4n) is 0.783. The van der Waals surface area contributed by atoms with Crippen LogP contribution in [0.3, 0.4) is 0 Å². The molecule has 0 saturated carbocycles. The molecule has 0 spiro atoms. The molecule has 0 aromatic heterocycles. The third kappa shape index (κ3) is 13.0. The molecule has 0 aliphatic heterocycles. The number of hydrogen-bond acceptors (Lipinski definition) is 4. The summed E-state index contributed by atoms with van der Waals surface area (Å²) < 4.78 is 1.19. The number of Topliss-reactive ketones (excluding diaryl/α,β-unsaturated/α-hetero) is 1. The first-order chi connectivity index (χ1) is 6.63. The topological polar surface area (TPSA) is 72.5 Å². The van der Waals surface area contributed by atoms with Gasteiger partial charge in [0.2, 0.25) is 0 Å². The first kappa shape index (κ1) is 17.4. The number of alkyl halides is 2. The van der Waals surface area contributed by atoms with Crippen molar-refractivity contribution < 1.29 is 14.7 Å². The molecular weight excluding hydrogens is 412 g/mol. The second-order valence-corrected chi connectivity index (χ2v) is 7.09. The van der Waals surface area contributed by atoms with E-state index in [-0.39, 0.29) is 24.9 Å². The summed E-state index contributed by atoms with van der Waals surface area (Å²) in [7, 11) is 0. The Morgan fingerprint density at radius 3 is 2.43 bits per heavy atom. The van der Waals surface area contributed by atoms with Crippen LogP contribution in [0, 0.1) is 5.92 Å². The van der Waals surface area contributed by atoms with Crippen LogP contribution in [0.25, 0.3) is 0 Å². The van der Waals surface area contributed by atoms with E-state index in [1.165, 1.54) is 2.43 Å². The summed E-state index contributed by atoms with van der Waals surface area (Å²) in [6.07, 6.45) is 1.34. The highest BCUT2D eigenvalue weighted by Gasteiger charge is 2.11. The van der Waals surface area contributed by atoms with Gasteiger partial charge in [-0.2, -0.15) is 0 Å². The lowest BCUT2D eigenvalue weighted by Crippen LogP contribution is -2.19. The Hall–Kier alpha value is 1.01. The molecule has 3 N–H and O–H groups in total. The number of ketones is 1. The molecule has 86 valence electrons. The van der Waals surface area contributed by atoms with E-state index in [2.05, 4.69) is 50.0 Å². The summed E-state index contributed by atoms with van der Waals surface area (Å²) in [5.41, 5.74) is 0. The van der Waals surface area contributed by atoms with Crippen molar-refractivity contribution in [2.75, 3.05) is 15.6 Å². The minimum absolute atomic E-state index is 0.0130. The molecule has 0 heterocycles. The number of carbonyl (C=O) groups excluding carboxylic acids is 1. The molecule has 1 unspecified atom stereocenters. The third-order valence-corrected chi connectivity index (χ3v) is 1.57. The van der Waals surface area contributed by atoms with Crippen molar-refractivity contribution in [2.45, 2.75) is 19.8 Å². The van der Waals surface area contributed by atoms with Gasteiger partial charge in [-0.1, -0.05) is 52.1 Å². The zero-order valence-corrected chi connectivity index (χ0v) is 12.5. The summed E-state index contributed by atoms with van der Waals surface area (Å²) in [6.45, 7) is 1.89. The van der Waals surface area contributed by atoms with E-state index in [0.717, 1.165) is 0 Å². The van der Waals surface area contributed by atoms with Gasteiger partial charge in [-0.3, -0.25) is 9.63 Å². The van der Waals surface area contributed by atoms with E-state index in [0.29, 0.717) is 12.8 Å². The highest BCUT2D eigenvalue weighted by atomic mass is 127. The number of aliphatic hydroxyl groups is 1. The van der Waals surface area contributed by atoms with Crippen molar-refractivity contribution in [2.24, 2.45) is 11.8 Å². The lowest BCUT2D eigenvalue weighted by atomic mass is 10.0. The Kier molecular flexibility index (Phi) is 17.4. The second kappa shape index (κ2) is 14.0. The van der Waals surface area contributed by atoms with Gasteiger partial charge in [-0.05, 0) is 12.8 Å². The Bertz CT molecular complexity index is 136. The highest BCUT2D eigenvalue weighted by Crippen LogP contribution is 2.05. The molecule has 14 heavy (non-hydrogen) atoms. The van der Waals surface area contributed by atoms with Gasteiger partial charge in [0, 0.05) is 12.5 Å². The summed E-state index contributed by atoms with van der Waals surface area (Å²) >= 11 is 4.55. The molecule has 4 nitrogen and oxygen atoms in total. The normalized spacial score (nSPS) is 11.5. The van der Waals surface area contributed by atoms with Gasteiger partial charge in [0.1, 0.15) is 6.61 Å². The molecule has 1 atom stereocenters. The zero-order valence-electron chi connectivity index (χ0n) is 8.21. The highest BCUT2D eigenvalue weighted by molar-refractivity contribution is 14.2. The van der Waals surface area contributed by atoms with Crippen LogP contribution >= 0.6 is 45.2 Å². The smallest absolute Gasteiger partial charge is 0.163 e. The molecule has 0 aromatic rings. The number of rotatable bonds is 6. The van der Waals surface area contributed by atoms with Crippen LogP contribution in [-0.2, 0) is 9.63 Å². The number of hydrogen-bond donors (Lipinski definition) is 2. The van der Waals surface area contributed by atoms with Gasteiger partial charge in [-0.15, -0.1) is 0 Å². The molecule has 0 radical (unpaired) electrons. The van der Waals surface area contributed by atoms with Gasteiger partial charge < -0.3 is 5.11 Å². The maximum atomic E-state index is 11.0. The standard InChI is InChI=1S/C7H15NO3.CH2I2/c1-6(3-2-4-9)7(10)5-11-8;2-1-3/h6,9H,2-5,8H2,1H3;1H2. The molecule has 0 amide bonds. The first-order valence-electron chi connectivity index (χ1n) is 4.21. The van der Waals surface area contributed by atoms with Crippen molar-refractivity contribution >= 4 is 51.0 Å². The van der Waals surface area contributed by atoms with Crippen LogP contribution < -0.4 is 5.90 Å². The number of nitrogens with two attached hydrogens (primary N) is 1. The van der Waals surface area contributed by atoms with E-state index < -0.39 is 0 Å². The Morgan fingerprint density at radius 2 is 2.07 bits per heavy atom. The van der Waals surface area contributed by atoms with Gasteiger partial charge in [0.15, 0.2) is 5.78 Å². The van der Waals surface area contributed by atoms with Gasteiger partial charge in [0.05, 0.1) is 2.43 Å². The summed E-state index contributed by atoms with van der Waals surface area (Å²) in [5.74, 6) is 4.65. The molecule has 0 fully saturated rings.